The molecule has 1 unspecified atom stereocenters. The smallest absolute Gasteiger partial charge is 0.305 e. The van der Waals surface area contributed by atoms with Crippen molar-refractivity contribution in [2.24, 2.45) is 0 Å². The number of nitrogens with zero attached hydrogens (tertiary/aromatic N) is 1. The van der Waals surface area contributed by atoms with Crippen molar-refractivity contribution in [3.8, 4) is 0 Å². The lowest BCUT2D eigenvalue weighted by Crippen LogP contribution is -2.45. The molecule has 0 bridgehead atoms. The van der Waals surface area contributed by atoms with Gasteiger partial charge in [-0.1, -0.05) is 35.8 Å². The van der Waals surface area contributed by atoms with Crippen LogP contribution >= 0.6 is 15.9 Å². The van der Waals surface area contributed by atoms with Crippen molar-refractivity contribution < 1.29 is 14.3 Å². The van der Waals surface area contributed by atoms with Gasteiger partial charge in [-0.05, 0) is 37.7 Å². The molecule has 0 radical (unpaired) electrons. The molecule has 0 amide bonds. The van der Waals surface area contributed by atoms with E-state index in [2.05, 4.69) is 20.8 Å². The molecule has 19 heavy (non-hydrogen) atoms. The molecule has 1 aromatic rings. The highest BCUT2D eigenvalue weighted by Gasteiger charge is 2.36. The number of carbonyl (C=O) groups is 1. The summed E-state index contributed by atoms with van der Waals surface area (Å²) in [5.74, 6) is -1.21. The van der Waals surface area contributed by atoms with Gasteiger partial charge in [-0.15, -0.1) is 0 Å². The molecule has 0 saturated heterocycles. The predicted octanol–water partition coefficient (Wildman–Crippen LogP) is 3.62. The summed E-state index contributed by atoms with van der Waals surface area (Å²) in [6, 6.07) is 4.39. The molecule has 5 heteroatoms. The van der Waals surface area contributed by atoms with Crippen molar-refractivity contribution in [1.29, 1.82) is 0 Å². The number of hydrogen-bond donors (Lipinski definition) is 1. The maximum Gasteiger partial charge on any atom is 0.305 e. The molecule has 0 aliphatic carbocycles. The Balaban J connectivity index is 3.33. The van der Waals surface area contributed by atoms with E-state index < -0.39 is 11.5 Å². The minimum Gasteiger partial charge on any atom is -0.481 e. The van der Waals surface area contributed by atoms with Crippen molar-refractivity contribution in [3.63, 3.8) is 0 Å². The normalized spacial score (nSPS) is 14.4. The molecule has 0 aliphatic rings. The highest BCUT2D eigenvalue weighted by Crippen LogP contribution is 2.36. The first-order chi connectivity index (χ1) is 8.85. The van der Waals surface area contributed by atoms with Gasteiger partial charge < -0.3 is 5.11 Å². The monoisotopic (exact) mass is 331 g/mol. The summed E-state index contributed by atoms with van der Waals surface area (Å²) in [4.78, 5) is 13.3. The predicted molar refractivity (Wildman–Crippen MR) is 76.6 cm³/mol. The van der Waals surface area contributed by atoms with E-state index in [0.717, 1.165) is 18.7 Å². The van der Waals surface area contributed by atoms with Crippen LogP contribution in [0.5, 0.6) is 0 Å². The van der Waals surface area contributed by atoms with Crippen molar-refractivity contribution in [2.45, 2.75) is 32.7 Å². The number of carboxylic acid groups (broad SMARTS) is 1. The fourth-order valence-electron chi connectivity index (χ4n) is 2.52. The van der Waals surface area contributed by atoms with Crippen molar-refractivity contribution in [3.05, 3.63) is 34.1 Å². The van der Waals surface area contributed by atoms with Crippen molar-refractivity contribution >= 4 is 21.9 Å². The number of hydrogen-bond acceptors (Lipinski definition) is 2. The summed E-state index contributed by atoms with van der Waals surface area (Å²) < 4.78 is 13.8. The van der Waals surface area contributed by atoms with Gasteiger partial charge in [0.05, 0.1) is 12.0 Å². The van der Waals surface area contributed by atoms with Crippen LogP contribution in [0.2, 0.25) is 0 Å². The Morgan fingerprint density at radius 1 is 1.42 bits per heavy atom. The number of aliphatic carboxylic acids is 1. The summed E-state index contributed by atoms with van der Waals surface area (Å²) >= 11 is 3.34. The lowest BCUT2D eigenvalue weighted by molar-refractivity contribution is -0.140. The van der Waals surface area contributed by atoms with Crippen molar-refractivity contribution in [2.75, 3.05) is 13.1 Å². The molecular weight excluding hydrogens is 313 g/mol. The van der Waals surface area contributed by atoms with E-state index in [-0.39, 0.29) is 12.2 Å². The number of carboxylic acids is 1. The first-order valence-electron chi connectivity index (χ1n) is 6.27. The molecule has 0 aromatic heterocycles. The van der Waals surface area contributed by atoms with Crippen LogP contribution in [0, 0.1) is 5.82 Å². The summed E-state index contributed by atoms with van der Waals surface area (Å²) in [6.07, 6.45) is -0.0289. The van der Waals surface area contributed by atoms with Gasteiger partial charge in [0, 0.05) is 4.47 Å². The van der Waals surface area contributed by atoms with Gasteiger partial charge >= 0.3 is 5.97 Å². The summed E-state index contributed by atoms with van der Waals surface area (Å²) in [6.45, 7) is 7.31. The summed E-state index contributed by atoms with van der Waals surface area (Å²) in [7, 11) is 0. The van der Waals surface area contributed by atoms with Crippen LogP contribution in [0.3, 0.4) is 0 Å². The third-order valence-electron chi connectivity index (χ3n) is 3.47. The quantitative estimate of drug-likeness (QED) is 0.865. The van der Waals surface area contributed by atoms with Crippen LogP contribution in [0.4, 0.5) is 4.39 Å². The van der Waals surface area contributed by atoms with E-state index in [9.17, 15) is 14.3 Å². The second-order valence-electron chi connectivity index (χ2n) is 4.64. The van der Waals surface area contributed by atoms with E-state index in [0.29, 0.717) is 4.47 Å². The van der Waals surface area contributed by atoms with E-state index in [1.54, 1.807) is 6.07 Å². The number of halogens is 2. The van der Waals surface area contributed by atoms with Crippen LogP contribution in [0.25, 0.3) is 0 Å². The van der Waals surface area contributed by atoms with Crippen LogP contribution < -0.4 is 0 Å². The molecule has 1 atom stereocenters. The summed E-state index contributed by atoms with van der Waals surface area (Å²) in [5.41, 5.74) is 0.127. The fourth-order valence-corrected chi connectivity index (χ4v) is 3.30. The SMILES string of the molecule is CCN(CC)C(C)(CC(=O)O)c1ccc(F)cc1Br. The highest BCUT2D eigenvalue weighted by atomic mass is 79.9. The van der Waals surface area contributed by atoms with Gasteiger partial charge in [0.1, 0.15) is 5.82 Å². The zero-order valence-corrected chi connectivity index (χ0v) is 13.0. The van der Waals surface area contributed by atoms with Crippen molar-refractivity contribution in [1.82, 2.24) is 4.90 Å². The van der Waals surface area contributed by atoms with Gasteiger partial charge in [0.15, 0.2) is 0 Å². The zero-order chi connectivity index (χ0) is 14.6. The lowest BCUT2D eigenvalue weighted by Gasteiger charge is -2.40. The van der Waals surface area contributed by atoms with Gasteiger partial charge in [0.25, 0.3) is 0 Å². The van der Waals surface area contributed by atoms with Crippen LogP contribution in [0.15, 0.2) is 22.7 Å². The Kier molecular flexibility index (Phi) is 5.50. The minimum atomic E-state index is -0.870. The summed E-state index contributed by atoms with van der Waals surface area (Å²) in [5, 5.41) is 9.18. The van der Waals surface area contributed by atoms with Crippen LogP contribution in [0.1, 0.15) is 32.8 Å². The van der Waals surface area contributed by atoms with E-state index in [1.807, 2.05) is 20.8 Å². The Hall–Kier alpha value is -0.940. The van der Waals surface area contributed by atoms with Gasteiger partial charge in [0.2, 0.25) is 0 Å². The van der Waals surface area contributed by atoms with E-state index in [1.165, 1.54) is 12.1 Å². The number of benzene rings is 1. The average Bonchev–Trinajstić information content (AvgIpc) is 2.28. The van der Waals surface area contributed by atoms with Crippen LogP contribution in [-0.4, -0.2) is 29.1 Å². The second-order valence-corrected chi connectivity index (χ2v) is 5.50. The molecule has 0 aliphatic heterocycles. The molecule has 106 valence electrons. The highest BCUT2D eigenvalue weighted by molar-refractivity contribution is 9.10. The largest absolute Gasteiger partial charge is 0.481 e. The molecule has 0 saturated carbocycles. The molecule has 1 aromatic carbocycles. The lowest BCUT2D eigenvalue weighted by atomic mass is 9.86. The zero-order valence-electron chi connectivity index (χ0n) is 11.4. The Bertz CT molecular complexity index is 463. The molecule has 0 fully saturated rings. The third kappa shape index (κ3) is 3.54. The minimum absolute atomic E-state index is 0.0289. The second kappa shape index (κ2) is 6.48. The number of rotatable bonds is 6. The molecule has 3 nitrogen and oxygen atoms in total. The van der Waals surface area contributed by atoms with Crippen LogP contribution in [-0.2, 0) is 10.3 Å². The van der Waals surface area contributed by atoms with E-state index >= 15 is 0 Å². The van der Waals surface area contributed by atoms with Gasteiger partial charge in [-0.3, -0.25) is 9.69 Å². The molecule has 0 heterocycles. The Labute approximate surface area is 121 Å². The maximum absolute atomic E-state index is 13.2. The van der Waals surface area contributed by atoms with Gasteiger partial charge in [-0.2, -0.15) is 0 Å². The third-order valence-corrected chi connectivity index (χ3v) is 4.12. The van der Waals surface area contributed by atoms with E-state index in [4.69, 9.17) is 0 Å². The Morgan fingerprint density at radius 3 is 2.42 bits per heavy atom. The molecular formula is C14H19BrFNO2. The molecule has 0 spiro atoms. The standard InChI is InChI=1S/C14H19BrFNO2/c1-4-17(5-2)14(3,9-13(18)19)11-7-6-10(16)8-12(11)15/h6-8H,4-5,9H2,1-3H3,(H,18,19). The topological polar surface area (TPSA) is 40.5 Å². The fraction of sp³-hybridized carbons (Fsp3) is 0.500. The Morgan fingerprint density at radius 2 is 2.00 bits per heavy atom. The maximum atomic E-state index is 13.2. The molecule has 1 rings (SSSR count). The first kappa shape index (κ1) is 16.1. The average molecular weight is 332 g/mol. The molecule has 1 N–H and O–H groups in total. The first-order valence-corrected chi connectivity index (χ1v) is 7.06. The van der Waals surface area contributed by atoms with Gasteiger partial charge in [-0.25, -0.2) is 4.39 Å².